The van der Waals surface area contributed by atoms with Crippen LogP contribution in [-0.4, -0.2) is 49.8 Å². The third kappa shape index (κ3) is 3.12. The summed E-state index contributed by atoms with van der Waals surface area (Å²) in [6.45, 7) is 7.20. The first-order valence-electron chi connectivity index (χ1n) is 7.87. The summed E-state index contributed by atoms with van der Waals surface area (Å²) in [4.78, 5) is 14.6. The number of rotatable bonds is 5. The highest BCUT2D eigenvalue weighted by Gasteiger charge is 2.47. The molecule has 1 aromatic rings. The van der Waals surface area contributed by atoms with Crippen molar-refractivity contribution in [3.8, 4) is 0 Å². The van der Waals surface area contributed by atoms with E-state index in [0.717, 1.165) is 44.5 Å². The minimum absolute atomic E-state index is 0.0643. The van der Waals surface area contributed by atoms with E-state index in [2.05, 4.69) is 6.58 Å². The number of amides is 1. The van der Waals surface area contributed by atoms with E-state index in [-0.39, 0.29) is 17.4 Å². The van der Waals surface area contributed by atoms with Crippen molar-refractivity contribution in [2.45, 2.75) is 25.4 Å². The maximum Gasteiger partial charge on any atom is 0.254 e. The second kappa shape index (κ2) is 6.94. The minimum atomic E-state index is -0.0643. The van der Waals surface area contributed by atoms with E-state index in [1.165, 1.54) is 0 Å². The Morgan fingerprint density at radius 2 is 2.55 bits per heavy atom. The fourth-order valence-electron chi connectivity index (χ4n) is 3.59. The van der Waals surface area contributed by atoms with Gasteiger partial charge < -0.3 is 14.4 Å². The lowest BCUT2D eigenvalue weighted by Gasteiger charge is -2.50. The van der Waals surface area contributed by atoms with Crippen molar-refractivity contribution in [1.82, 2.24) is 4.90 Å². The van der Waals surface area contributed by atoms with Gasteiger partial charge in [0.2, 0.25) is 0 Å². The number of ether oxygens (including phenoxy) is 2. The molecular formula is C17H23NO3S. The van der Waals surface area contributed by atoms with Gasteiger partial charge in [0.15, 0.2) is 0 Å². The van der Waals surface area contributed by atoms with Crippen LogP contribution in [0.15, 0.2) is 29.5 Å². The molecule has 0 bridgehead atoms. The topological polar surface area (TPSA) is 38.8 Å². The molecule has 5 heteroatoms. The van der Waals surface area contributed by atoms with Crippen molar-refractivity contribution >= 4 is 17.2 Å². The maximum absolute atomic E-state index is 12.6. The monoisotopic (exact) mass is 321 g/mol. The molecule has 2 aliphatic heterocycles. The van der Waals surface area contributed by atoms with Gasteiger partial charge in [-0.15, -0.1) is 6.58 Å². The van der Waals surface area contributed by atoms with E-state index < -0.39 is 0 Å². The molecule has 0 aliphatic carbocycles. The van der Waals surface area contributed by atoms with Gasteiger partial charge in [-0.25, -0.2) is 0 Å². The summed E-state index contributed by atoms with van der Waals surface area (Å²) in [7, 11) is 0. The molecule has 2 aliphatic rings. The average molecular weight is 321 g/mol. The van der Waals surface area contributed by atoms with Gasteiger partial charge in [-0.2, -0.15) is 11.3 Å². The quantitative estimate of drug-likeness (QED) is 0.618. The van der Waals surface area contributed by atoms with Crippen molar-refractivity contribution in [3.63, 3.8) is 0 Å². The summed E-state index contributed by atoms with van der Waals surface area (Å²) in [5, 5.41) is 3.87. The van der Waals surface area contributed by atoms with Gasteiger partial charge in [-0.05, 0) is 30.7 Å². The van der Waals surface area contributed by atoms with Gasteiger partial charge in [0, 0.05) is 30.5 Å². The van der Waals surface area contributed by atoms with Gasteiger partial charge in [-0.3, -0.25) is 4.79 Å². The van der Waals surface area contributed by atoms with E-state index in [0.29, 0.717) is 13.2 Å². The molecule has 1 amide bonds. The summed E-state index contributed by atoms with van der Waals surface area (Å²) >= 11 is 1.56. The van der Waals surface area contributed by atoms with Crippen molar-refractivity contribution in [1.29, 1.82) is 0 Å². The molecule has 2 fully saturated rings. The first-order valence-corrected chi connectivity index (χ1v) is 8.81. The third-order valence-electron chi connectivity index (χ3n) is 4.67. The van der Waals surface area contributed by atoms with E-state index in [4.69, 9.17) is 9.47 Å². The van der Waals surface area contributed by atoms with Crippen LogP contribution >= 0.6 is 11.3 Å². The number of hydrogen-bond acceptors (Lipinski definition) is 4. The maximum atomic E-state index is 12.6. The van der Waals surface area contributed by atoms with Gasteiger partial charge in [0.05, 0.1) is 24.9 Å². The Morgan fingerprint density at radius 1 is 1.64 bits per heavy atom. The van der Waals surface area contributed by atoms with Crippen LogP contribution in [0.5, 0.6) is 0 Å². The smallest absolute Gasteiger partial charge is 0.254 e. The molecule has 0 spiro atoms. The van der Waals surface area contributed by atoms with Crippen LogP contribution in [0.4, 0.5) is 0 Å². The van der Waals surface area contributed by atoms with Crippen molar-refractivity contribution in [2.24, 2.45) is 5.41 Å². The van der Waals surface area contributed by atoms with Crippen molar-refractivity contribution in [2.75, 3.05) is 32.9 Å². The SMILES string of the molecule is C=CCOC[C@]12CCCO[C@@H]1CCN(C(=O)c1ccsc1)C2. The van der Waals surface area contributed by atoms with Gasteiger partial charge >= 0.3 is 0 Å². The fourth-order valence-corrected chi connectivity index (χ4v) is 4.22. The van der Waals surface area contributed by atoms with E-state index >= 15 is 0 Å². The normalized spacial score (nSPS) is 28.2. The number of fused-ring (bicyclic) bond motifs is 1. The van der Waals surface area contributed by atoms with Crippen molar-refractivity contribution in [3.05, 3.63) is 35.0 Å². The summed E-state index contributed by atoms with van der Waals surface area (Å²) in [5.74, 6) is 0.133. The average Bonchev–Trinajstić information content (AvgIpc) is 3.08. The summed E-state index contributed by atoms with van der Waals surface area (Å²) in [5.41, 5.74) is 0.730. The highest BCUT2D eigenvalue weighted by Crippen LogP contribution is 2.40. The largest absolute Gasteiger partial charge is 0.377 e. The molecule has 1 aromatic heterocycles. The number of nitrogens with zero attached hydrogens (tertiary/aromatic N) is 1. The van der Waals surface area contributed by atoms with Crippen LogP contribution in [0.2, 0.25) is 0 Å². The van der Waals surface area contributed by atoms with E-state index in [1.807, 2.05) is 21.7 Å². The Hall–Kier alpha value is -1.17. The van der Waals surface area contributed by atoms with Gasteiger partial charge in [0.25, 0.3) is 5.91 Å². The van der Waals surface area contributed by atoms with Crippen LogP contribution in [0.3, 0.4) is 0 Å². The van der Waals surface area contributed by atoms with Crippen LogP contribution in [0.1, 0.15) is 29.6 Å². The lowest BCUT2D eigenvalue weighted by Crippen LogP contribution is -2.58. The predicted molar refractivity (Wildman–Crippen MR) is 87.3 cm³/mol. The van der Waals surface area contributed by atoms with Crippen molar-refractivity contribution < 1.29 is 14.3 Å². The molecule has 2 saturated heterocycles. The Labute approximate surface area is 135 Å². The second-order valence-corrected chi connectivity index (χ2v) is 6.94. The molecule has 120 valence electrons. The minimum Gasteiger partial charge on any atom is -0.377 e. The molecule has 3 heterocycles. The third-order valence-corrected chi connectivity index (χ3v) is 5.35. The molecule has 0 radical (unpaired) electrons. The van der Waals surface area contributed by atoms with E-state index in [1.54, 1.807) is 17.4 Å². The number of carbonyl (C=O) groups excluding carboxylic acids is 1. The number of carbonyl (C=O) groups is 1. The number of likely N-dealkylation sites (tertiary alicyclic amines) is 1. The van der Waals surface area contributed by atoms with Crippen LogP contribution in [0.25, 0.3) is 0 Å². The molecule has 0 saturated carbocycles. The zero-order valence-electron chi connectivity index (χ0n) is 12.8. The molecular weight excluding hydrogens is 298 g/mol. The highest BCUT2D eigenvalue weighted by atomic mass is 32.1. The molecule has 3 rings (SSSR count). The molecule has 0 aromatic carbocycles. The van der Waals surface area contributed by atoms with Crippen LogP contribution < -0.4 is 0 Å². The zero-order valence-corrected chi connectivity index (χ0v) is 13.6. The highest BCUT2D eigenvalue weighted by molar-refractivity contribution is 7.08. The second-order valence-electron chi connectivity index (χ2n) is 6.16. The molecule has 0 unspecified atom stereocenters. The van der Waals surface area contributed by atoms with Gasteiger partial charge in [0.1, 0.15) is 0 Å². The lowest BCUT2D eigenvalue weighted by atomic mass is 9.73. The summed E-state index contributed by atoms with van der Waals surface area (Å²) in [6.07, 6.45) is 4.97. The Morgan fingerprint density at radius 3 is 3.32 bits per heavy atom. The first-order chi connectivity index (χ1) is 10.7. The zero-order chi connectivity index (χ0) is 15.4. The Bertz CT molecular complexity index is 516. The predicted octanol–water partition coefficient (Wildman–Crippen LogP) is 2.96. The van der Waals surface area contributed by atoms with Crippen LogP contribution in [-0.2, 0) is 9.47 Å². The standard InChI is InChI=1S/C17H23NO3S/c1-2-8-20-13-17-6-3-9-21-15(17)4-7-18(12-17)16(19)14-5-10-22-11-14/h2,5,10-11,15H,1,3-4,6-9,12-13H2/t15-,17-/m1/s1. The molecule has 22 heavy (non-hydrogen) atoms. The van der Waals surface area contributed by atoms with E-state index in [9.17, 15) is 4.79 Å². The number of piperidine rings is 1. The number of thiophene rings is 1. The Balaban J connectivity index is 1.74. The molecule has 0 N–H and O–H groups in total. The summed E-state index contributed by atoms with van der Waals surface area (Å²) < 4.78 is 11.8. The molecule has 2 atom stereocenters. The van der Waals surface area contributed by atoms with Crippen LogP contribution in [0, 0.1) is 5.41 Å². The summed E-state index contributed by atoms with van der Waals surface area (Å²) in [6, 6.07) is 1.90. The molecule has 4 nitrogen and oxygen atoms in total. The van der Waals surface area contributed by atoms with Gasteiger partial charge in [-0.1, -0.05) is 6.08 Å². The fraction of sp³-hybridized carbons (Fsp3) is 0.588. The Kier molecular flexibility index (Phi) is 4.96. The first kappa shape index (κ1) is 15.7. The lowest BCUT2D eigenvalue weighted by molar-refractivity contribution is -0.144. The number of hydrogen-bond donors (Lipinski definition) is 0.